The maximum atomic E-state index is 11.4. The molecule has 0 unspecified atom stereocenters. The van der Waals surface area contributed by atoms with E-state index in [0.29, 0.717) is 35.2 Å². The third-order valence-corrected chi connectivity index (χ3v) is 5.91. The SMILES string of the molecule is CCOc1ccc(Oc2c(/C=N/Nc3ccc(S(N)(=O)=O)cc3)c(C)nn2-c2ccccc2)cc1. The number of nitrogens with one attached hydrogen (secondary N) is 1. The molecule has 1 heterocycles. The van der Waals surface area contributed by atoms with Gasteiger partial charge in [-0.1, -0.05) is 18.2 Å². The zero-order valence-electron chi connectivity index (χ0n) is 19.3. The summed E-state index contributed by atoms with van der Waals surface area (Å²) in [7, 11) is -3.76. The van der Waals surface area contributed by atoms with Crippen molar-refractivity contribution in [1.29, 1.82) is 0 Å². The zero-order chi connectivity index (χ0) is 24.8. The number of hydrogen-bond acceptors (Lipinski definition) is 7. The van der Waals surface area contributed by atoms with Gasteiger partial charge in [-0.3, -0.25) is 5.43 Å². The highest BCUT2D eigenvalue weighted by Gasteiger charge is 2.18. The molecule has 4 rings (SSSR count). The van der Waals surface area contributed by atoms with Crippen molar-refractivity contribution in [3.8, 4) is 23.1 Å². The molecule has 35 heavy (non-hydrogen) atoms. The Morgan fingerprint density at radius 3 is 2.29 bits per heavy atom. The number of aryl methyl sites for hydroxylation is 1. The molecule has 1 aromatic heterocycles. The van der Waals surface area contributed by atoms with Gasteiger partial charge in [-0.25, -0.2) is 13.6 Å². The first-order valence-electron chi connectivity index (χ1n) is 10.8. The van der Waals surface area contributed by atoms with Crippen LogP contribution in [0.3, 0.4) is 0 Å². The van der Waals surface area contributed by atoms with Gasteiger partial charge in [-0.05, 0) is 74.5 Å². The molecule has 0 saturated heterocycles. The Hall–Kier alpha value is -4.15. The summed E-state index contributed by atoms with van der Waals surface area (Å²) in [6.45, 7) is 4.38. The molecule has 180 valence electrons. The fraction of sp³-hybridized carbons (Fsp3) is 0.120. The molecule has 0 aliphatic rings. The largest absolute Gasteiger partial charge is 0.494 e. The molecule has 0 spiro atoms. The van der Waals surface area contributed by atoms with Crippen molar-refractivity contribution >= 4 is 21.9 Å². The van der Waals surface area contributed by atoms with Crippen molar-refractivity contribution < 1.29 is 17.9 Å². The summed E-state index contributed by atoms with van der Waals surface area (Å²) in [6.07, 6.45) is 1.61. The van der Waals surface area contributed by atoms with Crippen LogP contribution in [0.1, 0.15) is 18.2 Å². The fourth-order valence-corrected chi connectivity index (χ4v) is 3.80. The highest BCUT2D eigenvalue weighted by molar-refractivity contribution is 7.89. The maximum Gasteiger partial charge on any atom is 0.238 e. The molecule has 0 atom stereocenters. The molecule has 4 aromatic rings. The lowest BCUT2D eigenvalue weighted by atomic mass is 10.2. The summed E-state index contributed by atoms with van der Waals surface area (Å²) in [6, 6.07) is 23.0. The normalized spacial score (nSPS) is 11.5. The van der Waals surface area contributed by atoms with E-state index in [2.05, 4.69) is 15.6 Å². The Labute approximate surface area is 203 Å². The molecule has 3 N–H and O–H groups in total. The molecule has 0 aliphatic heterocycles. The molecule has 9 nitrogen and oxygen atoms in total. The van der Waals surface area contributed by atoms with Gasteiger partial charge in [0.05, 0.1) is 40.3 Å². The van der Waals surface area contributed by atoms with Crippen LogP contribution in [-0.4, -0.2) is 31.0 Å². The van der Waals surface area contributed by atoms with Crippen LogP contribution >= 0.6 is 0 Å². The van der Waals surface area contributed by atoms with E-state index < -0.39 is 10.0 Å². The average molecular weight is 492 g/mol. The number of rotatable bonds is 9. The quantitative estimate of drug-likeness (QED) is 0.263. The number of sulfonamides is 1. The standard InChI is InChI=1S/C25H25N5O4S/c1-3-33-21-11-13-22(14-12-21)34-25-24(18(2)29-30(25)20-7-5-4-6-8-20)17-27-28-19-9-15-23(16-10-19)35(26,31)32/h4-17,28H,3H2,1-2H3,(H2,26,31,32)/b27-17+. The summed E-state index contributed by atoms with van der Waals surface area (Å²) in [4.78, 5) is 0.0260. The minimum atomic E-state index is -3.76. The molecule has 0 fully saturated rings. The third kappa shape index (κ3) is 5.86. The van der Waals surface area contributed by atoms with E-state index in [0.717, 1.165) is 11.4 Å². The second-order valence-corrected chi connectivity index (χ2v) is 9.06. The zero-order valence-corrected chi connectivity index (χ0v) is 20.1. The van der Waals surface area contributed by atoms with Crippen LogP contribution < -0.4 is 20.0 Å². The first-order valence-corrected chi connectivity index (χ1v) is 12.4. The van der Waals surface area contributed by atoms with Gasteiger partial charge in [-0.15, -0.1) is 0 Å². The van der Waals surface area contributed by atoms with Crippen LogP contribution in [-0.2, 0) is 10.0 Å². The lowest BCUT2D eigenvalue weighted by molar-refractivity contribution is 0.339. The van der Waals surface area contributed by atoms with Crippen molar-refractivity contribution in [3.05, 3.63) is 90.1 Å². The minimum Gasteiger partial charge on any atom is -0.494 e. The van der Waals surface area contributed by atoms with Crippen LogP contribution in [0, 0.1) is 6.92 Å². The van der Waals surface area contributed by atoms with E-state index in [-0.39, 0.29) is 4.90 Å². The smallest absolute Gasteiger partial charge is 0.238 e. The first kappa shape index (κ1) is 24.0. The van der Waals surface area contributed by atoms with Gasteiger partial charge in [0.2, 0.25) is 15.9 Å². The van der Waals surface area contributed by atoms with Gasteiger partial charge < -0.3 is 9.47 Å². The van der Waals surface area contributed by atoms with E-state index in [9.17, 15) is 8.42 Å². The lowest BCUT2D eigenvalue weighted by Crippen LogP contribution is -2.11. The maximum absolute atomic E-state index is 11.4. The first-order chi connectivity index (χ1) is 16.8. The molecule has 0 radical (unpaired) electrons. The van der Waals surface area contributed by atoms with E-state index in [1.54, 1.807) is 23.0 Å². The van der Waals surface area contributed by atoms with Crippen LogP contribution in [0.5, 0.6) is 17.4 Å². The second-order valence-electron chi connectivity index (χ2n) is 7.50. The number of aromatic nitrogens is 2. The molecule has 3 aromatic carbocycles. The Morgan fingerprint density at radius 2 is 1.66 bits per heavy atom. The molecule has 0 saturated carbocycles. The van der Waals surface area contributed by atoms with Gasteiger partial charge in [0, 0.05) is 0 Å². The summed E-state index contributed by atoms with van der Waals surface area (Å²) < 4.78 is 36.3. The molecular formula is C25H25N5O4S. The van der Waals surface area contributed by atoms with Gasteiger partial charge in [0.1, 0.15) is 11.5 Å². The van der Waals surface area contributed by atoms with Crippen molar-refractivity contribution in [2.24, 2.45) is 10.2 Å². The Balaban J connectivity index is 1.63. The van der Waals surface area contributed by atoms with Gasteiger partial charge >= 0.3 is 0 Å². The van der Waals surface area contributed by atoms with Gasteiger partial charge in [-0.2, -0.15) is 14.9 Å². The molecule has 10 heteroatoms. The van der Waals surface area contributed by atoms with Crippen molar-refractivity contribution in [2.45, 2.75) is 18.7 Å². The van der Waals surface area contributed by atoms with Crippen LogP contribution in [0.2, 0.25) is 0 Å². The van der Waals surface area contributed by atoms with E-state index in [1.165, 1.54) is 12.1 Å². The predicted molar refractivity (Wildman–Crippen MR) is 135 cm³/mol. The number of hydrazone groups is 1. The summed E-state index contributed by atoms with van der Waals surface area (Å²) in [5.41, 5.74) is 5.70. The van der Waals surface area contributed by atoms with E-state index in [4.69, 9.17) is 14.6 Å². The number of nitrogens with zero attached hydrogens (tertiary/aromatic N) is 3. The lowest BCUT2D eigenvalue weighted by Gasteiger charge is -2.11. The highest BCUT2D eigenvalue weighted by Crippen LogP contribution is 2.30. The number of hydrogen-bond donors (Lipinski definition) is 2. The number of primary sulfonamides is 1. The number of nitrogens with two attached hydrogens (primary N) is 1. The Bertz CT molecular complexity index is 1420. The predicted octanol–water partition coefficient (Wildman–Crippen LogP) is 4.47. The van der Waals surface area contributed by atoms with Gasteiger partial charge in [0.15, 0.2) is 0 Å². The topological polar surface area (TPSA) is 121 Å². The number of anilines is 1. The van der Waals surface area contributed by atoms with Crippen LogP contribution in [0.4, 0.5) is 5.69 Å². The summed E-state index contributed by atoms with van der Waals surface area (Å²) in [5.74, 6) is 1.87. The Kier molecular flexibility index (Phi) is 7.14. The number of ether oxygens (including phenoxy) is 2. The second kappa shape index (κ2) is 10.4. The monoisotopic (exact) mass is 491 g/mol. The van der Waals surface area contributed by atoms with E-state index >= 15 is 0 Å². The molecule has 0 aliphatic carbocycles. The molecular weight excluding hydrogens is 466 g/mol. The minimum absolute atomic E-state index is 0.0260. The van der Waals surface area contributed by atoms with E-state index in [1.807, 2.05) is 68.4 Å². The molecule has 0 amide bonds. The summed E-state index contributed by atoms with van der Waals surface area (Å²) in [5, 5.41) is 14.1. The number of para-hydroxylation sites is 1. The molecule has 0 bridgehead atoms. The fourth-order valence-electron chi connectivity index (χ4n) is 3.28. The van der Waals surface area contributed by atoms with Crippen molar-refractivity contribution in [1.82, 2.24) is 9.78 Å². The van der Waals surface area contributed by atoms with Crippen LogP contribution in [0.25, 0.3) is 5.69 Å². The van der Waals surface area contributed by atoms with Crippen molar-refractivity contribution in [2.75, 3.05) is 12.0 Å². The highest BCUT2D eigenvalue weighted by atomic mass is 32.2. The van der Waals surface area contributed by atoms with Crippen LogP contribution in [0.15, 0.2) is 88.9 Å². The Morgan fingerprint density at radius 1 is 1.00 bits per heavy atom. The van der Waals surface area contributed by atoms with Gasteiger partial charge in [0.25, 0.3) is 0 Å². The summed E-state index contributed by atoms with van der Waals surface area (Å²) >= 11 is 0. The number of benzene rings is 3. The average Bonchev–Trinajstić information content (AvgIpc) is 3.16. The third-order valence-electron chi connectivity index (χ3n) is 4.98. The van der Waals surface area contributed by atoms with Crippen molar-refractivity contribution in [3.63, 3.8) is 0 Å².